The minimum absolute atomic E-state index is 0.00852. The van der Waals surface area contributed by atoms with Gasteiger partial charge in [0.1, 0.15) is 25.0 Å². The van der Waals surface area contributed by atoms with Gasteiger partial charge in [0.05, 0.1) is 0 Å². The summed E-state index contributed by atoms with van der Waals surface area (Å²) in [4.78, 5) is 3.71. The van der Waals surface area contributed by atoms with Gasteiger partial charge in [0.2, 0.25) is 0 Å². The van der Waals surface area contributed by atoms with Crippen molar-refractivity contribution in [1.82, 2.24) is 4.98 Å². The van der Waals surface area contributed by atoms with E-state index in [2.05, 4.69) is 4.98 Å². The number of aromatic nitrogens is 1. The van der Waals surface area contributed by atoms with Crippen molar-refractivity contribution >= 4 is 24.2 Å². The summed E-state index contributed by atoms with van der Waals surface area (Å²) in [7, 11) is 5.24. The highest BCUT2D eigenvalue weighted by Gasteiger charge is 2.08. The number of rotatable bonds is 0. The van der Waals surface area contributed by atoms with E-state index in [0.29, 0.717) is 0 Å². The molecule has 0 bridgehead atoms. The molecule has 0 aliphatic heterocycles. The van der Waals surface area contributed by atoms with Crippen molar-refractivity contribution in [2.45, 2.75) is 0 Å². The number of hydrogen-bond donors (Lipinski definition) is 0. The highest BCUT2D eigenvalue weighted by Crippen LogP contribution is 2.16. The lowest BCUT2D eigenvalue weighted by Gasteiger charge is -2.02. The highest BCUT2D eigenvalue weighted by molar-refractivity contribution is 6.33. The molecule has 0 saturated carbocycles. The van der Waals surface area contributed by atoms with Crippen LogP contribution in [-0.2, 0) is 0 Å². The van der Waals surface area contributed by atoms with Crippen LogP contribution in [0, 0.1) is 11.6 Å². The van der Waals surface area contributed by atoms with Crippen molar-refractivity contribution in [3.63, 3.8) is 0 Å². The van der Waals surface area contributed by atoms with Crippen molar-refractivity contribution in [3.8, 4) is 0 Å². The Morgan fingerprint density at radius 2 is 2.08 bits per heavy atom. The van der Waals surface area contributed by atoms with Crippen molar-refractivity contribution in [3.05, 3.63) is 36.0 Å². The lowest BCUT2D eigenvalue weighted by molar-refractivity contribution is 0.621. The van der Waals surface area contributed by atoms with E-state index in [1.165, 1.54) is 18.3 Å². The minimum Gasteiger partial charge on any atom is -0.253 e. The van der Waals surface area contributed by atoms with Crippen LogP contribution >= 0.6 is 0 Å². The fourth-order valence-electron chi connectivity index (χ4n) is 1.20. The van der Waals surface area contributed by atoms with E-state index >= 15 is 0 Å². The molecule has 0 saturated heterocycles. The van der Waals surface area contributed by atoms with E-state index < -0.39 is 11.6 Å². The Labute approximate surface area is 74.8 Å². The van der Waals surface area contributed by atoms with E-state index in [-0.39, 0.29) is 16.4 Å². The Bertz CT molecular complexity index is 470. The van der Waals surface area contributed by atoms with Gasteiger partial charge in [0, 0.05) is 11.6 Å². The fraction of sp³-hybridized carbons (Fsp3) is 0. The van der Waals surface area contributed by atoms with Crippen LogP contribution in [0.1, 0.15) is 0 Å². The van der Waals surface area contributed by atoms with Gasteiger partial charge in [-0.15, -0.1) is 0 Å². The molecule has 0 unspecified atom stereocenters. The second kappa shape index (κ2) is 2.80. The largest absolute Gasteiger partial charge is 0.253 e. The molecule has 1 aromatic heterocycles. The lowest BCUT2D eigenvalue weighted by atomic mass is 9.93. The van der Waals surface area contributed by atoms with Gasteiger partial charge in [0.15, 0.2) is 0 Å². The second-order valence-electron chi connectivity index (χ2n) is 2.66. The third kappa shape index (κ3) is 1.18. The second-order valence-corrected chi connectivity index (χ2v) is 2.66. The molecule has 13 heavy (non-hydrogen) atoms. The Morgan fingerprint density at radius 1 is 1.31 bits per heavy atom. The number of fused-ring (bicyclic) bond motifs is 1. The Balaban J connectivity index is 2.97. The summed E-state index contributed by atoms with van der Waals surface area (Å²) in [5.74, 6) is -1.22. The van der Waals surface area contributed by atoms with Crippen LogP contribution in [0.15, 0.2) is 24.4 Å². The van der Waals surface area contributed by atoms with Gasteiger partial charge in [-0.05, 0) is 18.2 Å². The maximum Gasteiger partial charge on any atom is 0.149 e. The van der Waals surface area contributed by atoms with Crippen LogP contribution in [0.5, 0.6) is 0 Å². The first kappa shape index (κ1) is 8.17. The van der Waals surface area contributed by atoms with Crippen LogP contribution < -0.4 is 5.46 Å². The average Bonchev–Trinajstić information content (AvgIpc) is 2.15. The summed E-state index contributed by atoms with van der Waals surface area (Å²) in [6, 6.07) is 3.91. The van der Waals surface area contributed by atoms with Crippen LogP contribution in [0.25, 0.3) is 10.9 Å². The summed E-state index contributed by atoms with van der Waals surface area (Å²) >= 11 is 0. The third-order valence-electron chi connectivity index (χ3n) is 1.81. The molecule has 0 amide bonds. The molecular formula is C9H4BF2N. The van der Waals surface area contributed by atoms with Gasteiger partial charge >= 0.3 is 0 Å². The molecular weight excluding hydrogens is 171 g/mol. The topological polar surface area (TPSA) is 12.9 Å². The van der Waals surface area contributed by atoms with E-state index in [1.807, 2.05) is 0 Å². The number of nitrogens with zero attached hydrogens (tertiary/aromatic N) is 1. The molecule has 0 fully saturated rings. The zero-order valence-electron chi connectivity index (χ0n) is 6.59. The summed E-state index contributed by atoms with van der Waals surface area (Å²) in [6.07, 6.45) is 1.40. The lowest BCUT2D eigenvalue weighted by Crippen LogP contribution is -2.10. The predicted octanol–water partition coefficient (Wildman–Crippen LogP) is 1.31. The molecule has 0 aliphatic carbocycles. The van der Waals surface area contributed by atoms with Crippen LogP contribution in [0.3, 0.4) is 0 Å². The summed E-state index contributed by atoms with van der Waals surface area (Å²) in [5, 5.41) is 0.111. The van der Waals surface area contributed by atoms with Crippen molar-refractivity contribution in [1.29, 1.82) is 0 Å². The predicted molar refractivity (Wildman–Crippen MR) is 47.0 cm³/mol. The van der Waals surface area contributed by atoms with Gasteiger partial charge in [-0.2, -0.15) is 0 Å². The quantitative estimate of drug-likeness (QED) is 0.550. The average molecular weight is 175 g/mol. The smallest absolute Gasteiger partial charge is 0.149 e. The zero-order chi connectivity index (χ0) is 9.42. The standard InChI is InChI=1S/C9H4BF2N/c10-6-4-7(11)9-5(8(6)12)2-1-3-13-9/h1-4H. The molecule has 2 aromatic rings. The Morgan fingerprint density at radius 3 is 2.85 bits per heavy atom. The Kier molecular flexibility index (Phi) is 1.76. The van der Waals surface area contributed by atoms with Crippen molar-refractivity contribution < 1.29 is 8.78 Å². The van der Waals surface area contributed by atoms with Gasteiger partial charge in [-0.1, -0.05) is 5.46 Å². The van der Waals surface area contributed by atoms with E-state index in [4.69, 9.17) is 7.85 Å². The van der Waals surface area contributed by atoms with E-state index in [9.17, 15) is 8.78 Å². The molecule has 62 valence electrons. The van der Waals surface area contributed by atoms with Crippen molar-refractivity contribution in [2.75, 3.05) is 0 Å². The normalized spacial score (nSPS) is 10.6. The molecule has 0 aliphatic rings. The highest BCUT2D eigenvalue weighted by atomic mass is 19.1. The molecule has 2 rings (SSSR count). The first-order valence-electron chi connectivity index (χ1n) is 3.68. The molecule has 4 heteroatoms. The van der Waals surface area contributed by atoms with Crippen molar-refractivity contribution in [2.24, 2.45) is 0 Å². The van der Waals surface area contributed by atoms with Crippen LogP contribution in [0.2, 0.25) is 0 Å². The van der Waals surface area contributed by atoms with E-state index in [0.717, 1.165) is 6.07 Å². The maximum absolute atomic E-state index is 13.2. The molecule has 0 spiro atoms. The molecule has 1 nitrogen and oxygen atoms in total. The summed E-state index contributed by atoms with van der Waals surface area (Å²) < 4.78 is 26.4. The molecule has 0 atom stereocenters. The van der Waals surface area contributed by atoms with Crippen LogP contribution in [0.4, 0.5) is 8.78 Å². The SMILES string of the molecule is [B]c1cc(F)c2ncccc2c1F. The fourth-order valence-corrected chi connectivity index (χ4v) is 1.20. The van der Waals surface area contributed by atoms with Gasteiger partial charge in [-0.3, -0.25) is 4.98 Å². The molecule has 2 radical (unpaired) electrons. The minimum atomic E-state index is -0.621. The number of halogens is 2. The van der Waals surface area contributed by atoms with Gasteiger partial charge in [0.25, 0.3) is 0 Å². The first-order valence-corrected chi connectivity index (χ1v) is 3.68. The van der Waals surface area contributed by atoms with Gasteiger partial charge in [-0.25, -0.2) is 8.78 Å². The summed E-state index contributed by atoms with van der Waals surface area (Å²) in [5.41, 5.74) is -0.188. The number of hydrogen-bond acceptors (Lipinski definition) is 1. The molecule has 1 aromatic carbocycles. The van der Waals surface area contributed by atoms with Crippen LogP contribution in [-0.4, -0.2) is 12.8 Å². The maximum atomic E-state index is 13.2. The Hall–Kier alpha value is -1.45. The third-order valence-corrected chi connectivity index (χ3v) is 1.81. The molecule has 0 N–H and O–H groups in total. The number of pyridine rings is 1. The molecule has 1 heterocycles. The number of benzene rings is 1. The van der Waals surface area contributed by atoms with E-state index in [1.54, 1.807) is 0 Å². The zero-order valence-corrected chi connectivity index (χ0v) is 6.59. The first-order chi connectivity index (χ1) is 6.20. The van der Waals surface area contributed by atoms with Gasteiger partial charge < -0.3 is 0 Å². The summed E-state index contributed by atoms with van der Waals surface area (Å²) in [6.45, 7) is 0. The monoisotopic (exact) mass is 175 g/mol.